The molecular formula is C12H10N2O5. The number of aromatic nitrogens is 2. The molecule has 2 heterocycles. The van der Waals surface area contributed by atoms with Crippen molar-refractivity contribution in [3.63, 3.8) is 0 Å². The Labute approximate surface area is 108 Å². The molecule has 98 valence electrons. The molecule has 0 saturated carbocycles. The number of fused-ring (bicyclic) bond motifs is 1. The zero-order chi connectivity index (χ0) is 13.2. The number of benzene rings is 1. The van der Waals surface area contributed by atoms with Crippen LogP contribution < -0.4 is 9.47 Å². The number of ether oxygens (including phenoxy) is 3. The second-order valence-electron chi connectivity index (χ2n) is 3.71. The van der Waals surface area contributed by atoms with Gasteiger partial charge in [0.05, 0.1) is 6.61 Å². The summed E-state index contributed by atoms with van der Waals surface area (Å²) in [6.45, 7) is 2.15. The Balaban J connectivity index is 1.88. The third-order valence-electron chi connectivity index (χ3n) is 2.51. The SMILES string of the molecule is CCOC(=O)c1nc(-c2ccc3c(c2)OCO3)no1. The van der Waals surface area contributed by atoms with Gasteiger partial charge in [0, 0.05) is 5.56 Å². The van der Waals surface area contributed by atoms with E-state index in [1.165, 1.54) is 0 Å². The first kappa shape index (κ1) is 11.5. The number of carbonyl (C=O) groups is 1. The molecule has 1 aromatic carbocycles. The third-order valence-corrected chi connectivity index (χ3v) is 2.51. The number of hydrogen-bond donors (Lipinski definition) is 0. The summed E-state index contributed by atoms with van der Waals surface area (Å²) in [5, 5.41) is 3.73. The van der Waals surface area contributed by atoms with Crippen molar-refractivity contribution in [3.8, 4) is 22.9 Å². The minimum Gasteiger partial charge on any atom is -0.459 e. The highest BCUT2D eigenvalue weighted by atomic mass is 16.7. The van der Waals surface area contributed by atoms with E-state index in [-0.39, 0.29) is 19.3 Å². The van der Waals surface area contributed by atoms with Gasteiger partial charge in [0.25, 0.3) is 0 Å². The summed E-state index contributed by atoms with van der Waals surface area (Å²) in [7, 11) is 0. The van der Waals surface area contributed by atoms with E-state index in [2.05, 4.69) is 10.1 Å². The van der Waals surface area contributed by atoms with Gasteiger partial charge in [-0.25, -0.2) is 4.79 Å². The molecule has 3 rings (SSSR count). The second kappa shape index (κ2) is 4.60. The summed E-state index contributed by atoms with van der Waals surface area (Å²) in [4.78, 5) is 15.4. The van der Waals surface area contributed by atoms with Crippen molar-refractivity contribution in [2.45, 2.75) is 6.92 Å². The lowest BCUT2D eigenvalue weighted by atomic mass is 10.2. The van der Waals surface area contributed by atoms with Crippen LogP contribution in [0.4, 0.5) is 0 Å². The van der Waals surface area contributed by atoms with E-state index in [1.54, 1.807) is 25.1 Å². The maximum absolute atomic E-state index is 11.4. The molecule has 0 amide bonds. The molecule has 0 atom stereocenters. The first-order valence-corrected chi connectivity index (χ1v) is 5.69. The van der Waals surface area contributed by atoms with Crippen LogP contribution in [0.3, 0.4) is 0 Å². The van der Waals surface area contributed by atoms with Crippen molar-refractivity contribution >= 4 is 5.97 Å². The fraction of sp³-hybridized carbons (Fsp3) is 0.250. The third kappa shape index (κ3) is 2.10. The van der Waals surface area contributed by atoms with Gasteiger partial charge in [-0.1, -0.05) is 5.16 Å². The van der Waals surface area contributed by atoms with Crippen LogP contribution in [0.1, 0.15) is 17.6 Å². The Bertz CT molecular complexity index is 622. The molecule has 2 aromatic rings. The normalized spacial score (nSPS) is 12.5. The van der Waals surface area contributed by atoms with Crippen LogP contribution in [0.2, 0.25) is 0 Å². The Morgan fingerprint density at radius 2 is 2.21 bits per heavy atom. The molecule has 0 fully saturated rings. The van der Waals surface area contributed by atoms with E-state index in [0.29, 0.717) is 22.9 Å². The molecule has 0 aliphatic carbocycles. The fourth-order valence-corrected chi connectivity index (χ4v) is 1.65. The molecule has 19 heavy (non-hydrogen) atoms. The summed E-state index contributed by atoms with van der Waals surface area (Å²) in [5.41, 5.74) is 0.670. The minimum atomic E-state index is -0.637. The highest BCUT2D eigenvalue weighted by Gasteiger charge is 2.19. The molecule has 1 aromatic heterocycles. The van der Waals surface area contributed by atoms with Crippen LogP contribution in [-0.4, -0.2) is 29.5 Å². The zero-order valence-corrected chi connectivity index (χ0v) is 10.1. The van der Waals surface area contributed by atoms with Crippen LogP contribution in [-0.2, 0) is 4.74 Å². The summed E-state index contributed by atoms with van der Waals surface area (Å²) in [6.07, 6.45) is 0. The predicted molar refractivity (Wildman–Crippen MR) is 61.8 cm³/mol. The standard InChI is InChI=1S/C12H10N2O5/c1-2-16-12(15)11-13-10(14-19-11)7-3-4-8-9(5-7)18-6-17-8/h3-5H,2,6H2,1H3. The first-order valence-electron chi connectivity index (χ1n) is 5.69. The molecule has 0 spiro atoms. The van der Waals surface area contributed by atoms with Crippen molar-refractivity contribution < 1.29 is 23.5 Å². The van der Waals surface area contributed by atoms with Gasteiger partial charge in [-0.05, 0) is 25.1 Å². The van der Waals surface area contributed by atoms with Gasteiger partial charge in [-0.15, -0.1) is 0 Å². The summed E-state index contributed by atoms with van der Waals surface area (Å²) < 4.78 is 20.1. The summed E-state index contributed by atoms with van der Waals surface area (Å²) in [6, 6.07) is 5.23. The lowest BCUT2D eigenvalue weighted by molar-refractivity contribution is 0.0470. The number of nitrogens with zero attached hydrogens (tertiary/aromatic N) is 2. The van der Waals surface area contributed by atoms with E-state index >= 15 is 0 Å². The van der Waals surface area contributed by atoms with Gasteiger partial charge < -0.3 is 18.7 Å². The molecule has 0 radical (unpaired) electrons. The molecule has 0 saturated heterocycles. The van der Waals surface area contributed by atoms with Crippen LogP contribution in [0.15, 0.2) is 22.7 Å². The summed E-state index contributed by atoms with van der Waals surface area (Å²) >= 11 is 0. The van der Waals surface area contributed by atoms with Crippen molar-refractivity contribution in [1.29, 1.82) is 0 Å². The molecule has 7 nitrogen and oxygen atoms in total. The molecule has 1 aliphatic heterocycles. The Kier molecular flexibility index (Phi) is 2.79. The Morgan fingerprint density at radius 3 is 3.05 bits per heavy atom. The topological polar surface area (TPSA) is 83.7 Å². The number of hydrogen-bond acceptors (Lipinski definition) is 7. The quantitative estimate of drug-likeness (QED) is 0.777. The molecule has 0 unspecified atom stereocenters. The lowest BCUT2D eigenvalue weighted by Crippen LogP contribution is -2.04. The molecule has 0 bridgehead atoms. The Hall–Kier alpha value is -2.57. The monoisotopic (exact) mass is 262 g/mol. The average molecular weight is 262 g/mol. The van der Waals surface area contributed by atoms with Crippen molar-refractivity contribution in [2.24, 2.45) is 0 Å². The van der Waals surface area contributed by atoms with Crippen LogP contribution in [0.25, 0.3) is 11.4 Å². The van der Waals surface area contributed by atoms with Gasteiger partial charge in [-0.2, -0.15) is 4.98 Å². The van der Waals surface area contributed by atoms with Crippen molar-refractivity contribution in [3.05, 3.63) is 24.1 Å². The fourth-order valence-electron chi connectivity index (χ4n) is 1.65. The van der Waals surface area contributed by atoms with Crippen LogP contribution in [0.5, 0.6) is 11.5 Å². The number of esters is 1. The highest BCUT2D eigenvalue weighted by molar-refractivity contribution is 5.84. The zero-order valence-electron chi connectivity index (χ0n) is 10.1. The van der Waals surface area contributed by atoms with E-state index in [9.17, 15) is 4.79 Å². The molecule has 1 aliphatic rings. The maximum Gasteiger partial charge on any atom is 0.397 e. The second-order valence-corrected chi connectivity index (χ2v) is 3.71. The van der Waals surface area contributed by atoms with E-state index < -0.39 is 5.97 Å². The average Bonchev–Trinajstić information content (AvgIpc) is 3.07. The smallest absolute Gasteiger partial charge is 0.397 e. The van der Waals surface area contributed by atoms with E-state index in [0.717, 1.165) is 0 Å². The van der Waals surface area contributed by atoms with Gasteiger partial charge in [0.15, 0.2) is 11.5 Å². The minimum absolute atomic E-state index is 0.172. The van der Waals surface area contributed by atoms with Gasteiger partial charge in [-0.3, -0.25) is 0 Å². The summed E-state index contributed by atoms with van der Waals surface area (Å²) in [5.74, 6) is 0.760. The van der Waals surface area contributed by atoms with Gasteiger partial charge in [0.1, 0.15) is 0 Å². The maximum atomic E-state index is 11.4. The largest absolute Gasteiger partial charge is 0.459 e. The highest BCUT2D eigenvalue weighted by Crippen LogP contribution is 2.35. The first-order chi connectivity index (χ1) is 9.28. The van der Waals surface area contributed by atoms with Gasteiger partial charge >= 0.3 is 11.9 Å². The van der Waals surface area contributed by atoms with Crippen LogP contribution in [0, 0.1) is 0 Å². The van der Waals surface area contributed by atoms with E-state index in [4.69, 9.17) is 18.7 Å². The number of carbonyl (C=O) groups excluding carboxylic acids is 1. The van der Waals surface area contributed by atoms with Gasteiger partial charge in [0.2, 0.25) is 12.6 Å². The van der Waals surface area contributed by atoms with Crippen molar-refractivity contribution in [1.82, 2.24) is 10.1 Å². The van der Waals surface area contributed by atoms with Crippen LogP contribution >= 0.6 is 0 Å². The number of rotatable bonds is 3. The predicted octanol–water partition coefficient (Wildman–Crippen LogP) is 1.64. The van der Waals surface area contributed by atoms with Crippen molar-refractivity contribution in [2.75, 3.05) is 13.4 Å². The molecule has 7 heteroatoms. The Morgan fingerprint density at radius 1 is 1.37 bits per heavy atom. The van der Waals surface area contributed by atoms with E-state index in [1.807, 2.05) is 0 Å². The lowest BCUT2D eigenvalue weighted by Gasteiger charge is -1.97. The molecule has 0 N–H and O–H groups in total. The molecular weight excluding hydrogens is 252 g/mol.